The average molecular weight is 413 g/mol. The van der Waals surface area contributed by atoms with Crippen molar-refractivity contribution < 1.29 is 13.2 Å². The van der Waals surface area contributed by atoms with E-state index < -0.39 is 11.9 Å². The van der Waals surface area contributed by atoms with Crippen LogP contribution >= 0.6 is 11.6 Å². The van der Waals surface area contributed by atoms with Crippen LogP contribution < -0.4 is 5.32 Å². The van der Waals surface area contributed by atoms with Crippen LogP contribution in [-0.4, -0.2) is 28.5 Å². The second-order valence-corrected chi connectivity index (χ2v) is 7.84. The highest BCUT2D eigenvalue weighted by Crippen LogP contribution is 2.32. The van der Waals surface area contributed by atoms with Crippen molar-refractivity contribution in [2.24, 2.45) is 5.92 Å². The van der Waals surface area contributed by atoms with Crippen LogP contribution in [0, 0.1) is 5.92 Å². The second kappa shape index (κ2) is 9.09. The summed E-state index contributed by atoms with van der Waals surface area (Å²) in [6.07, 6.45) is 2.69. The van der Waals surface area contributed by atoms with E-state index in [4.69, 9.17) is 11.6 Å². The van der Waals surface area contributed by atoms with Gasteiger partial charge >= 0.3 is 6.18 Å². The van der Waals surface area contributed by atoms with Gasteiger partial charge in [0.05, 0.1) is 0 Å². The summed E-state index contributed by atoms with van der Waals surface area (Å²) in [5, 5.41) is 3.26. The molecule has 0 bridgehead atoms. The van der Waals surface area contributed by atoms with Gasteiger partial charge in [-0.3, -0.25) is 0 Å². The van der Waals surface area contributed by atoms with Gasteiger partial charge in [-0.05, 0) is 44.0 Å². The van der Waals surface area contributed by atoms with Gasteiger partial charge < -0.3 is 10.2 Å². The summed E-state index contributed by atoms with van der Waals surface area (Å²) in [6.45, 7) is 0.961. The number of halogens is 4. The van der Waals surface area contributed by atoms with Gasteiger partial charge in [-0.1, -0.05) is 36.9 Å². The molecule has 2 aromatic rings. The molecule has 1 aliphatic carbocycles. The Morgan fingerprint density at radius 1 is 1.21 bits per heavy atom. The first kappa shape index (κ1) is 20.9. The molecule has 3 rings (SSSR count). The molecule has 4 nitrogen and oxygen atoms in total. The molecule has 1 aromatic heterocycles. The Bertz CT molecular complexity index is 791. The minimum atomic E-state index is -4.55. The lowest BCUT2D eigenvalue weighted by Gasteiger charge is -2.27. The Kier molecular flexibility index (Phi) is 6.78. The molecule has 0 atom stereocenters. The highest BCUT2D eigenvalue weighted by Gasteiger charge is 2.36. The number of hydrogen-bond acceptors (Lipinski definition) is 4. The molecule has 0 spiro atoms. The van der Waals surface area contributed by atoms with Crippen LogP contribution in [0.2, 0.25) is 5.02 Å². The van der Waals surface area contributed by atoms with Crippen molar-refractivity contribution in [2.75, 3.05) is 18.9 Å². The number of benzene rings is 1. The molecule has 0 amide bonds. The predicted octanol–water partition coefficient (Wildman–Crippen LogP) is 5.90. The van der Waals surface area contributed by atoms with Gasteiger partial charge in [0.15, 0.2) is 5.69 Å². The Labute approximate surface area is 168 Å². The summed E-state index contributed by atoms with van der Waals surface area (Å²) < 4.78 is 40.7. The monoisotopic (exact) mass is 412 g/mol. The van der Waals surface area contributed by atoms with E-state index in [1.807, 2.05) is 11.9 Å². The van der Waals surface area contributed by atoms with E-state index in [0.717, 1.165) is 19.4 Å². The lowest BCUT2D eigenvalue weighted by molar-refractivity contribution is -0.142. The standard InChI is InChI=1S/C20H24ClF3N4/c1-28(12-14-6-3-2-4-7-14)13-15-11-25-19(27-18(15)20(22,23)24)26-17-9-5-8-16(21)10-17/h5,8-11,14H,2-4,6-7,12-13H2,1H3,(H,25,26,27). The van der Waals surface area contributed by atoms with E-state index in [-0.39, 0.29) is 18.1 Å². The molecule has 0 unspecified atom stereocenters. The summed E-state index contributed by atoms with van der Waals surface area (Å²) >= 11 is 5.91. The first-order valence-corrected chi connectivity index (χ1v) is 9.83. The highest BCUT2D eigenvalue weighted by atomic mass is 35.5. The maximum atomic E-state index is 13.6. The SMILES string of the molecule is CN(Cc1cnc(Nc2cccc(Cl)c2)nc1C(F)(F)F)CC1CCCCC1. The molecule has 1 fully saturated rings. The first-order valence-electron chi connectivity index (χ1n) is 9.45. The van der Waals surface area contributed by atoms with Crippen LogP contribution in [0.25, 0.3) is 0 Å². The third kappa shape index (κ3) is 5.82. The molecule has 1 saturated carbocycles. The quantitative estimate of drug-likeness (QED) is 0.640. The van der Waals surface area contributed by atoms with E-state index in [0.29, 0.717) is 16.6 Å². The fraction of sp³-hybridized carbons (Fsp3) is 0.500. The number of hydrogen-bond donors (Lipinski definition) is 1. The molecule has 28 heavy (non-hydrogen) atoms. The van der Waals surface area contributed by atoms with Gasteiger partial charge in [0.2, 0.25) is 5.95 Å². The Balaban J connectivity index is 1.75. The third-order valence-corrected chi connectivity index (χ3v) is 5.18. The molecule has 152 valence electrons. The summed E-state index contributed by atoms with van der Waals surface area (Å²) in [5.41, 5.74) is -0.284. The van der Waals surface area contributed by atoms with Crippen molar-refractivity contribution in [3.05, 3.63) is 46.7 Å². The zero-order valence-electron chi connectivity index (χ0n) is 15.8. The normalized spacial score (nSPS) is 15.8. The second-order valence-electron chi connectivity index (χ2n) is 7.40. The smallest absolute Gasteiger partial charge is 0.324 e. The minimum Gasteiger partial charge on any atom is -0.324 e. The number of nitrogens with one attached hydrogen (secondary N) is 1. The zero-order valence-corrected chi connectivity index (χ0v) is 16.5. The van der Waals surface area contributed by atoms with E-state index in [2.05, 4.69) is 15.3 Å². The van der Waals surface area contributed by atoms with Crippen LogP contribution in [0.3, 0.4) is 0 Å². The molecule has 1 aliphatic rings. The molecule has 0 radical (unpaired) electrons. The molecule has 8 heteroatoms. The Hall–Kier alpha value is -1.86. The van der Waals surface area contributed by atoms with Crippen molar-refractivity contribution >= 4 is 23.2 Å². The average Bonchev–Trinajstić information content (AvgIpc) is 2.63. The van der Waals surface area contributed by atoms with Crippen LogP contribution in [0.15, 0.2) is 30.5 Å². The predicted molar refractivity (Wildman–Crippen MR) is 105 cm³/mol. The van der Waals surface area contributed by atoms with Crippen molar-refractivity contribution in [2.45, 2.75) is 44.8 Å². The number of aromatic nitrogens is 2. The maximum absolute atomic E-state index is 13.6. The van der Waals surface area contributed by atoms with Crippen LogP contribution in [0.1, 0.15) is 43.4 Å². The van der Waals surface area contributed by atoms with Crippen molar-refractivity contribution in [1.29, 1.82) is 0 Å². The van der Waals surface area contributed by atoms with Crippen LogP contribution in [-0.2, 0) is 12.7 Å². The molecule has 1 aromatic carbocycles. The van der Waals surface area contributed by atoms with Gasteiger partial charge in [0.1, 0.15) is 0 Å². The number of alkyl halides is 3. The molecule has 0 saturated heterocycles. The minimum absolute atomic E-state index is 0.0856. The summed E-state index contributed by atoms with van der Waals surface area (Å²) in [6, 6.07) is 6.67. The van der Waals surface area contributed by atoms with Gasteiger partial charge in [0, 0.05) is 35.6 Å². The molecule has 1 N–H and O–H groups in total. The number of rotatable bonds is 6. The van der Waals surface area contributed by atoms with Gasteiger partial charge in [-0.25, -0.2) is 9.97 Å². The summed E-state index contributed by atoms with van der Waals surface area (Å²) in [4.78, 5) is 9.78. The summed E-state index contributed by atoms with van der Waals surface area (Å²) in [7, 11) is 1.85. The van der Waals surface area contributed by atoms with Crippen molar-refractivity contribution in [3.63, 3.8) is 0 Å². The Morgan fingerprint density at radius 2 is 1.96 bits per heavy atom. The lowest BCUT2D eigenvalue weighted by atomic mass is 9.89. The van der Waals surface area contributed by atoms with Gasteiger partial charge in [0.25, 0.3) is 0 Å². The lowest BCUT2D eigenvalue weighted by Crippen LogP contribution is -2.28. The fourth-order valence-corrected chi connectivity index (χ4v) is 3.88. The largest absolute Gasteiger partial charge is 0.433 e. The van der Waals surface area contributed by atoms with Crippen molar-refractivity contribution in [3.8, 4) is 0 Å². The van der Waals surface area contributed by atoms with Crippen molar-refractivity contribution in [1.82, 2.24) is 14.9 Å². The van der Waals surface area contributed by atoms with E-state index in [1.54, 1.807) is 24.3 Å². The highest BCUT2D eigenvalue weighted by molar-refractivity contribution is 6.30. The zero-order chi connectivity index (χ0) is 20.1. The van der Waals surface area contributed by atoms with Crippen LogP contribution in [0.5, 0.6) is 0 Å². The topological polar surface area (TPSA) is 41.1 Å². The van der Waals surface area contributed by atoms with Crippen LogP contribution in [0.4, 0.5) is 24.8 Å². The Morgan fingerprint density at radius 3 is 2.64 bits per heavy atom. The van der Waals surface area contributed by atoms with Gasteiger partial charge in [-0.15, -0.1) is 0 Å². The van der Waals surface area contributed by atoms with E-state index >= 15 is 0 Å². The molecule has 1 heterocycles. The third-order valence-electron chi connectivity index (χ3n) is 4.95. The molecule has 0 aliphatic heterocycles. The molecular formula is C20H24ClF3N4. The first-order chi connectivity index (χ1) is 13.3. The summed E-state index contributed by atoms with van der Waals surface area (Å²) in [5.74, 6) is 0.450. The fourth-order valence-electron chi connectivity index (χ4n) is 3.69. The number of anilines is 2. The van der Waals surface area contributed by atoms with E-state index in [1.165, 1.54) is 25.5 Å². The van der Waals surface area contributed by atoms with E-state index in [9.17, 15) is 13.2 Å². The maximum Gasteiger partial charge on any atom is 0.433 e. The molecular weight excluding hydrogens is 389 g/mol. The number of nitrogens with zero attached hydrogens (tertiary/aromatic N) is 3. The van der Waals surface area contributed by atoms with Gasteiger partial charge in [-0.2, -0.15) is 13.2 Å².